The van der Waals surface area contributed by atoms with E-state index in [2.05, 4.69) is 8.92 Å². The molecule has 0 rings (SSSR count). The van der Waals surface area contributed by atoms with Crippen molar-refractivity contribution in [1.29, 1.82) is 0 Å². The van der Waals surface area contributed by atoms with Crippen molar-refractivity contribution in [3.05, 3.63) is 0 Å². The first-order chi connectivity index (χ1) is 4.06. The molecule has 0 unspecified atom stereocenters. The van der Waals surface area contributed by atoms with Gasteiger partial charge in [-0.3, -0.25) is 4.55 Å². The maximum absolute atomic E-state index is 9.78. The van der Waals surface area contributed by atoms with Crippen molar-refractivity contribution in [2.24, 2.45) is 0 Å². The predicted octanol–water partition coefficient (Wildman–Crippen LogP) is -1.20. The van der Waals surface area contributed by atoms with Crippen molar-refractivity contribution >= 4 is 29.3 Å². The number of hydrogen-bond donors (Lipinski definition) is 1. The van der Waals surface area contributed by atoms with Gasteiger partial charge in [-0.2, -0.15) is 8.42 Å². The van der Waals surface area contributed by atoms with Crippen LogP contribution in [0.25, 0.3) is 0 Å². The van der Waals surface area contributed by atoms with Gasteiger partial charge >= 0.3 is 29.3 Å². The van der Waals surface area contributed by atoms with Crippen molar-refractivity contribution in [2.45, 2.75) is 0 Å². The summed E-state index contributed by atoms with van der Waals surface area (Å²) in [6.45, 7) is -0.0187. The van der Waals surface area contributed by atoms with Crippen LogP contribution in [0.5, 0.6) is 0 Å². The summed E-state index contributed by atoms with van der Waals surface area (Å²) in [5, 5.41) is 0. The molecule has 7 heteroatoms. The fourth-order valence-corrected chi connectivity index (χ4v) is 0.501. The van der Waals surface area contributed by atoms with E-state index in [4.69, 9.17) is 4.55 Å². The van der Waals surface area contributed by atoms with E-state index in [1.54, 1.807) is 0 Å². The van der Waals surface area contributed by atoms with E-state index in [9.17, 15) is 8.42 Å². The molecule has 0 aliphatic heterocycles. The number of hydrogen-bond acceptors (Lipinski definition) is 4. The van der Waals surface area contributed by atoms with Gasteiger partial charge in [-0.05, 0) is 0 Å². The molecule has 0 amide bonds. The molecular weight excluding hydrogens is 155 g/mol. The third-order valence-electron chi connectivity index (χ3n) is 0.520. The molecule has 0 aromatic carbocycles. The van der Waals surface area contributed by atoms with Gasteiger partial charge in [-0.15, -0.1) is 0 Å². The van der Waals surface area contributed by atoms with Crippen molar-refractivity contribution in [3.63, 3.8) is 0 Å². The summed E-state index contributed by atoms with van der Waals surface area (Å²) >= 11 is 0. The van der Waals surface area contributed by atoms with Crippen LogP contribution in [0, 0.1) is 0 Å². The zero-order chi connectivity index (χ0) is 7.33. The quantitative estimate of drug-likeness (QED) is 0.321. The fraction of sp³-hybridized carbons (Fsp3) is 1.00. The van der Waals surface area contributed by atoms with Crippen LogP contribution in [-0.4, -0.2) is 52.2 Å². The molecule has 0 aliphatic rings. The molecule has 0 bridgehead atoms. The van der Waals surface area contributed by atoms with Gasteiger partial charge in [0.15, 0.2) is 0 Å². The Morgan fingerprint density at radius 2 is 1.90 bits per heavy atom. The van der Waals surface area contributed by atoms with Crippen LogP contribution in [-0.2, 0) is 19.3 Å². The molecule has 0 heterocycles. The van der Waals surface area contributed by atoms with Gasteiger partial charge < -0.3 is 4.74 Å². The maximum atomic E-state index is 9.78. The van der Waals surface area contributed by atoms with Gasteiger partial charge in [0.2, 0.25) is 0 Å². The van der Waals surface area contributed by atoms with Crippen LogP contribution in [0.2, 0.25) is 0 Å². The fourth-order valence-electron chi connectivity index (χ4n) is 0.223. The summed E-state index contributed by atoms with van der Waals surface area (Å²) in [7, 11) is -2.88. The van der Waals surface area contributed by atoms with Gasteiger partial charge in [0.25, 0.3) is 0 Å². The molecular formula is C3H9LiO5S. The average molecular weight is 164 g/mol. The second-order valence-corrected chi connectivity index (χ2v) is 2.33. The van der Waals surface area contributed by atoms with Gasteiger partial charge in [-0.25, -0.2) is 4.18 Å². The normalized spacial score (nSPS) is 10.6. The Balaban J connectivity index is 0. The Morgan fingerprint density at radius 3 is 2.20 bits per heavy atom. The van der Waals surface area contributed by atoms with Crippen LogP contribution >= 0.6 is 0 Å². The molecule has 0 aliphatic carbocycles. The molecule has 5 nitrogen and oxygen atoms in total. The molecule has 0 fully saturated rings. The van der Waals surface area contributed by atoms with E-state index in [0.717, 1.165) is 0 Å². The first-order valence-corrected chi connectivity index (χ1v) is 3.53. The summed E-state index contributed by atoms with van der Waals surface area (Å²) in [4.78, 5) is 0. The third-order valence-corrected chi connectivity index (χ3v) is 0.984. The topological polar surface area (TPSA) is 72.8 Å². The Kier molecular flexibility index (Phi) is 8.04. The summed E-state index contributed by atoms with van der Waals surface area (Å²) < 4.78 is 35.8. The zero-order valence-electron chi connectivity index (χ0n) is 4.90. The van der Waals surface area contributed by atoms with E-state index in [-0.39, 0.29) is 32.1 Å². The molecule has 0 radical (unpaired) electrons. The van der Waals surface area contributed by atoms with E-state index >= 15 is 0 Å². The Morgan fingerprint density at radius 1 is 1.40 bits per heavy atom. The van der Waals surface area contributed by atoms with E-state index < -0.39 is 10.4 Å². The molecule has 0 atom stereocenters. The van der Waals surface area contributed by atoms with Crippen LogP contribution in [0.4, 0.5) is 0 Å². The van der Waals surface area contributed by atoms with Crippen molar-refractivity contribution in [3.8, 4) is 0 Å². The molecule has 58 valence electrons. The average Bonchev–Trinajstić information content (AvgIpc) is 1.63. The molecule has 0 aromatic rings. The van der Waals surface area contributed by atoms with Gasteiger partial charge in [0.05, 0.1) is 13.2 Å². The first kappa shape index (κ1) is 13.0. The summed E-state index contributed by atoms with van der Waals surface area (Å²) in [5.74, 6) is 0. The Hall–Kier alpha value is 0.427. The molecule has 0 aromatic heterocycles. The molecule has 0 saturated heterocycles. The van der Waals surface area contributed by atoms with Gasteiger partial charge in [0, 0.05) is 7.11 Å². The van der Waals surface area contributed by atoms with Crippen LogP contribution in [0.3, 0.4) is 0 Å². The van der Waals surface area contributed by atoms with Crippen molar-refractivity contribution in [1.82, 2.24) is 0 Å². The minimum atomic E-state index is -4.28. The van der Waals surface area contributed by atoms with Gasteiger partial charge in [-0.1, -0.05) is 0 Å². The predicted molar refractivity (Wildman–Crippen MR) is 36.5 cm³/mol. The van der Waals surface area contributed by atoms with Gasteiger partial charge in [0.1, 0.15) is 0 Å². The molecule has 1 N–H and O–H groups in total. The Labute approximate surface area is 71.8 Å². The molecule has 0 spiro atoms. The monoisotopic (exact) mass is 164 g/mol. The first-order valence-electron chi connectivity index (χ1n) is 2.17. The standard InChI is InChI=1S/C3H8O5S.Li.H/c1-7-2-3-8-9(4,5)6;;/h2-3H2,1H3,(H,4,5,6);;. The number of rotatable bonds is 4. The van der Waals surface area contributed by atoms with E-state index in [0.29, 0.717) is 0 Å². The van der Waals surface area contributed by atoms with Crippen LogP contribution < -0.4 is 0 Å². The van der Waals surface area contributed by atoms with E-state index in [1.165, 1.54) is 7.11 Å². The zero-order valence-corrected chi connectivity index (χ0v) is 5.72. The van der Waals surface area contributed by atoms with Crippen molar-refractivity contribution < 1.29 is 21.9 Å². The number of ether oxygens (including phenoxy) is 1. The summed E-state index contributed by atoms with van der Waals surface area (Å²) in [6.07, 6.45) is 0. The number of methoxy groups -OCH3 is 1. The summed E-state index contributed by atoms with van der Waals surface area (Å²) in [6, 6.07) is 0. The van der Waals surface area contributed by atoms with Crippen LogP contribution in [0.1, 0.15) is 0 Å². The third kappa shape index (κ3) is 11.3. The SMILES string of the molecule is COCCOS(=O)(=O)O.[LiH]. The van der Waals surface area contributed by atoms with E-state index in [1.807, 2.05) is 0 Å². The molecule has 10 heavy (non-hydrogen) atoms. The minimum absolute atomic E-state index is 0. The Bertz CT molecular complexity index is 152. The second-order valence-electron chi connectivity index (χ2n) is 1.24. The van der Waals surface area contributed by atoms with Crippen LogP contribution in [0.15, 0.2) is 0 Å². The van der Waals surface area contributed by atoms with Crippen molar-refractivity contribution in [2.75, 3.05) is 20.3 Å². The second kappa shape index (κ2) is 6.16. The molecule has 0 saturated carbocycles. The summed E-state index contributed by atoms with van der Waals surface area (Å²) in [5.41, 5.74) is 0.